The van der Waals surface area contributed by atoms with Crippen LogP contribution < -0.4 is 0 Å². The van der Waals surface area contributed by atoms with Crippen LogP contribution in [0.4, 0.5) is 0 Å². The molecule has 2 saturated heterocycles. The smallest absolute Gasteiger partial charge is 0.332 e. The van der Waals surface area contributed by atoms with Crippen molar-refractivity contribution in [2.24, 2.45) is 0 Å². The molecule has 3 rings (SSSR count). The van der Waals surface area contributed by atoms with Crippen LogP contribution in [-0.2, 0) is 9.53 Å². The van der Waals surface area contributed by atoms with Crippen LogP contribution in [0.25, 0.3) is 0 Å². The summed E-state index contributed by atoms with van der Waals surface area (Å²) in [6.07, 6.45) is 1.04. The quantitative estimate of drug-likeness (QED) is 0.902. The molecular weight excluding hydrogens is 312 g/mol. The summed E-state index contributed by atoms with van der Waals surface area (Å²) < 4.78 is 10.8. The van der Waals surface area contributed by atoms with Gasteiger partial charge < -0.3 is 14.4 Å². The van der Waals surface area contributed by atoms with Gasteiger partial charge >= 0.3 is 5.97 Å². The number of hydrogen-bond acceptors (Lipinski definition) is 7. The molecule has 6 nitrogen and oxygen atoms in total. The van der Waals surface area contributed by atoms with Crippen LogP contribution in [0.2, 0.25) is 0 Å². The highest BCUT2D eigenvalue weighted by Crippen LogP contribution is 2.43. The highest BCUT2D eigenvalue weighted by molar-refractivity contribution is 8.06. The van der Waals surface area contributed by atoms with Gasteiger partial charge in [-0.3, -0.25) is 0 Å². The molecule has 3 heterocycles. The number of thioether (sulfide) groups is 2. The second kappa shape index (κ2) is 6.58. The Hall–Kier alpha value is -0.730. The van der Waals surface area contributed by atoms with E-state index in [1.165, 1.54) is 0 Å². The summed E-state index contributed by atoms with van der Waals surface area (Å²) in [4.78, 5) is 15.4. The van der Waals surface area contributed by atoms with Crippen LogP contribution in [0, 0.1) is 0 Å². The SMILES string of the molecule is CCC1SCCSC1c1noc(C2CCC(C(=O)O)O2)n1. The number of aliphatic carboxylic acids is 1. The summed E-state index contributed by atoms with van der Waals surface area (Å²) in [5.74, 6) is 2.46. The van der Waals surface area contributed by atoms with Crippen molar-refractivity contribution in [3.63, 3.8) is 0 Å². The molecule has 116 valence electrons. The van der Waals surface area contributed by atoms with Gasteiger partial charge in [0.15, 0.2) is 11.9 Å². The lowest BCUT2D eigenvalue weighted by molar-refractivity contribution is -0.150. The van der Waals surface area contributed by atoms with Crippen LogP contribution in [0.1, 0.15) is 49.3 Å². The van der Waals surface area contributed by atoms with Crippen LogP contribution in [0.15, 0.2) is 4.52 Å². The van der Waals surface area contributed by atoms with E-state index < -0.39 is 12.1 Å². The third-order valence-corrected chi connectivity index (χ3v) is 6.98. The Balaban J connectivity index is 1.70. The summed E-state index contributed by atoms with van der Waals surface area (Å²) in [7, 11) is 0. The molecule has 4 unspecified atom stereocenters. The maximum absolute atomic E-state index is 10.9. The predicted molar refractivity (Wildman–Crippen MR) is 80.5 cm³/mol. The number of carboxylic acids is 1. The lowest BCUT2D eigenvalue weighted by Crippen LogP contribution is -2.19. The van der Waals surface area contributed by atoms with Crippen molar-refractivity contribution in [2.45, 2.75) is 48.9 Å². The average Bonchev–Trinajstić information content (AvgIpc) is 3.16. The zero-order chi connectivity index (χ0) is 14.8. The van der Waals surface area contributed by atoms with Crippen LogP contribution >= 0.6 is 23.5 Å². The first-order valence-electron chi connectivity index (χ1n) is 7.14. The number of ether oxygens (including phenoxy) is 1. The second-order valence-electron chi connectivity index (χ2n) is 5.13. The van der Waals surface area contributed by atoms with Crippen LogP contribution in [0.5, 0.6) is 0 Å². The van der Waals surface area contributed by atoms with E-state index in [1.807, 2.05) is 23.5 Å². The van der Waals surface area contributed by atoms with Gasteiger partial charge in [-0.25, -0.2) is 4.79 Å². The Bertz CT molecular complexity index is 510. The van der Waals surface area contributed by atoms with Gasteiger partial charge in [0.05, 0.1) is 5.25 Å². The molecular formula is C13H18N2O4S2. The Kier molecular flexibility index (Phi) is 4.75. The van der Waals surface area contributed by atoms with Crippen molar-refractivity contribution in [2.75, 3.05) is 11.5 Å². The fourth-order valence-corrected chi connectivity index (χ4v) is 5.62. The van der Waals surface area contributed by atoms with Crippen molar-refractivity contribution < 1.29 is 19.2 Å². The van der Waals surface area contributed by atoms with Gasteiger partial charge in [-0.1, -0.05) is 12.1 Å². The summed E-state index contributed by atoms with van der Waals surface area (Å²) in [6.45, 7) is 2.18. The van der Waals surface area contributed by atoms with Gasteiger partial charge in [-0.05, 0) is 19.3 Å². The summed E-state index contributed by atoms with van der Waals surface area (Å²) >= 11 is 3.83. The molecule has 0 saturated carbocycles. The average molecular weight is 330 g/mol. The van der Waals surface area contributed by atoms with Crippen molar-refractivity contribution in [3.05, 3.63) is 11.7 Å². The summed E-state index contributed by atoms with van der Waals surface area (Å²) in [5, 5.41) is 13.8. The number of rotatable bonds is 4. The molecule has 2 aliphatic rings. The lowest BCUT2D eigenvalue weighted by Gasteiger charge is -2.27. The fraction of sp³-hybridized carbons (Fsp3) is 0.769. The Morgan fingerprint density at radius 1 is 1.38 bits per heavy atom. The van der Waals surface area contributed by atoms with Gasteiger partial charge in [-0.15, -0.1) is 11.8 Å². The number of carbonyl (C=O) groups is 1. The Morgan fingerprint density at radius 3 is 2.90 bits per heavy atom. The van der Waals surface area contributed by atoms with Crippen molar-refractivity contribution in [1.29, 1.82) is 0 Å². The van der Waals surface area contributed by atoms with Gasteiger partial charge in [-0.2, -0.15) is 16.7 Å². The van der Waals surface area contributed by atoms with E-state index in [1.54, 1.807) is 0 Å². The minimum Gasteiger partial charge on any atom is -0.479 e. The first kappa shape index (κ1) is 15.2. The maximum atomic E-state index is 10.9. The van der Waals surface area contributed by atoms with Crippen molar-refractivity contribution in [1.82, 2.24) is 10.1 Å². The fourth-order valence-electron chi connectivity index (χ4n) is 2.64. The molecule has 0 bridgehead atoms. The molecule has 0 aromatic carbocycles. The zero-order valence-electron chi connectivity index (χ0n) is 11.7. The molecule has 21 heavy (non-hydrogen) atoms. The summed E-state index contributed by atoms with van der Waals surface area (Å²) in [6, 6.07) is 0. The highest BCUT2D eigenvalue weighted by atomic mass is 32.2. The van der Waals surface area contributed by atoms with E-state index in [2.05, 4.69) is 17.1 Å². The van der Waals surface area contributed by atoms with Gasteiger partial charge in [0.1, 0.15) is 6.10 Å². The van der Waals surface area contributed by atoms with E-state index >= 15 is 0 Å². The van der Waals surface area contributed by atoms with Crippen molar-refractivity contribution >= 4 is 29.5 Å². The van der Waals surface area contributed by atoms with Crippen LogP contribution in [0.3, 0.4) is 0 Å². The normalized spacial score (nSPS) is 33.2. The molecule has 1 aromatic heterocycles. The molecule has 8 heteroatoms. The molecule has 0 aliphatic carbocycles. The molecule has 2 aliphatic heterocycles. The number of nitrogens with zero attached hydrogens (tertiary/aromatic N) is 2. The third kappa shape index (κ3) is 3.22. The molecule has 0 amide bonds. The van der Waals surface area contributed by atoms with E-state index in [0.29, 0.717) is 24.0 Å². The third-order valence-electron chi connectivity index (χ3n) is 3.74. The number of hydrogen-bond donors (Lipinski definition) is 1. The molecule has 1 aromatic rings. The number of carboxylic acid groups (broad SMARTS) is 1. The summed E-state index contributed by atoms with van der Waals surface area (Å²) in [5.41, 5.74) is 0. The highest BCUT2D eigenvalue weighted by Gasteiger charge is 2.36. The first-order chi connectivity index (χ1) is 10.2. The molecule has 1 N–H and O–H groups in total. The Morgan fingerprint density at radius 2 is 2.19 bits per heavy atom. The maximum Gasteiger partial charge on any atom is 0.332 e. The van der Waals surface area contributed by atoms with E-state index in [9.17, 15) is 4.79 Å². The van der Waals surface area contributed by atoms with E-state index in [-0.39, 0.29) is 11.4 Å². The monoisotopic (exact) mass is 330 g/mol. The molecule has 4 atom stereocenters. The van der Waals surface area contributed by atoms with Crippen LogP contribution in [-0.4, -0.2) is 44.1 Å². The molecule has 0 radical (unpaired) electrons. The minimum absolute atomic E-state index is 0.253. The second-order valence-corrected chi connectivity index (χ2v) is 7.73. The zero-order valence-corrected chi connectivity index (χ0v) is 13.4. The van der Waals surface area contributed by atoms with E-state index in [0.717, 1.165) is 23.8 Å². The van der Waals surface area contributed by atoms with Gasteiger partial charge in [0, 0.05) is 16.8 Å². The van der Waals surface area contributed by atoms with E-state index in [4.69, 9.17) is 14.4 Å². The largest absolute Gasteiger partial charge is 0.479 e. The Labute approximate surface area is 131 Å². The first-order valence-corrected chi connectivity index (χ1v) is 9.23. The van der Waals surface area contributed by atoms with Crippen molar-refractivity contribution in [3.8, 4) is 0 Å². The minimum atomic E-state index is -0.928. The molecule has 0 spiro atoms. The number of aromatic nitrogens is 2. The predicted octanol–water partition coefficient (Wildman–Crippen LogP) is 2.67. The van der Waals surface area contributed by atoms with Gasteiger partial charge in [0.2, 0.25) is 0 Å². The topological polar surface area (TPSA) is 85.5 Å². The standard InChI is InChI=1S/C13H18N2O4S2/c1-2-9-10(21-6-5-20-9)11-14-12(19-15-11)7-3-4-8(18-7)13(16)17/h7-10H,2-6H2,1H3,(H,16,17). The lowest BCUT2D eigenvalue weighted by atomic mass is 10.2. The molecule has 2 fully saturated rings. The van der Waals surface area contributed by atoms with Gasteiger partial charge in [0.25, 0.3) is 5.89 Å².